The van der Waals surface area contributed by atoms with E-state index in [4.69, 9.17) is 4.74 Å². The summed E-state index contributed by atoms with van der Waals surface area (Å²) in [7, 11) is 0. The van der Waals surface area contributed by atoms with E-state index in [0.717, 1.165) is 59.6 Å². The van der Waals surface area contributed by atoms with Crippen LogP contribution in [0.25, 0.3) is 0 Å². The summed E-state index contributed by atoms with van der Waals surface area (Å²) in [4.78, 5) is 11.7. The molecule has 3 saturated carbocycles. The molecule has 4 aliphatic carbocycles. The summed E-state index contributed by atoms with van der Waals surface area (Å²) in [6.07, 6.45) is 14.5. The van der Waals surface area contributed by atoms with Gasteiger partial charge in [-0.2, -0.15) is 0 Å². The van der Waals surface area contributed by atoms with Crippen LogP contribution in [0, 0.1) is 52.3 Å². The number of rotatable bonds is 8. The van der Waals surface area contributed by atoms with Gasteiger partial charge in [-0.05, 0) is 104 Å². The van der Waals surface area contributed by atoms with Crippen molar-refractivity contribution in [3.63, 3.8) is 0 Å². The molecule has 0 amide bonds. The van der Waals surface area contributed by atoms with Crippen molar-refractivity contribution in [1.82, 2.24) is 0 Å². The largest absolute Gasteiger partial charge is 0.462 e. The topological polar surface area (TPSA) is 26.3 Å². The minimum Gasteiger partial charge on any atom is -0.462 e. The zero-order valence-corrected chi connectivity index (χ0v) is 25.4. The van der Waals surface area contributed by atoms with Crippen molar-refractivity contribution in [1.29, 1.82) is 0 Å². The minimum atomic E-state index is -0.119. The number of carbonyl (C=O) groups is 1. The Hall–Kier alpha value is -0.310. The number of hydrogen-bond acceptors (Lipinski definition) is 2. The van der Waals surface area contributed by atoms with Gasteiger partial charge in [0.15, 0.2) is 0 Å². The van der Waals surface area contributed by atoms with Crippen molar-refractivity contribution in [3.8, 4) is 0 Å². The quantitative estimate of drug-likeness (QED) is 0.171. The summed E-state index contributed by atoms with van der Waals surface area (Å²) in [5.41, 5.74) is 4.13. The Labute approximate surface area is 224 Å². The van der Waals surface area contributed by atoms with Crippen LogP contribution in [0.2, 0.25) is 0 Å². The van der Waals surface area contributed by atoms with E-state index in [9.17, 15) is 4.79 Å². The number of fused-ring (bicyclic) bond motifs is 5. The molecule has 4 aliphatic rings. The van der Waals surface area contributed by atoms with Crippen molar-refractivity contribution in [2.75, 3.05) is 5.33 Å². The molecule has 0 aromatic heterocycles. The molecule has 3 heteroatoms. The van der Waals surface area contributed by atoms with Crippen molar-refractivity contribution in [2.45, 2.75) is 125 Å². The average Bonchev–Trinajstić information content (AvgIpc) is 3.16. The molecular weight excluding hydrogens is 496 g/mol. The van der Waals surface area contributed by atoms with Gasteiger partial charge in [0.05, 0.1) is 0 Å². The van der Waals surface area contributed by atoms with E-state index < -0.39 is 0 Å². The third-order valence-electron chi connectivity index (χ3n) is 12.0. The second-order valence-corrected chi connectivity index (χ2v) is 14.4. The molecular formula is C32H53BrO2. The van der Waals surface area contributed by atoms with Gasteiger partial charge < -0.3 is 4.74 Å². The Bertz CT molecular complexity index is 801. The summed E-state index contributed by atoms with van der Waals surface area (Å²) in [6.45, 7) is 16.7. The Kier molecular flexibility index (Phi) is 8.57. The molecule has 0 N–H and O–H groups in total. The molecule has 0 saturated heterocycles. The van der Waals surface area contributed by atoms with Crippen LogP contribution in [0.15, 0.2) is 11.1 Å². The van der Waals surface area contributed by atoms with E-state index >= 15 is 0 Å². The SMILES string of the molecule is CC[C@H](CC[C@@H](C)[C@H]1CC[C@H]2[C@@H]3CC(CBr)=C4C[C@@H](OC(C)=O)CC[C@]4(C)[C@H]3CC[C@]12C)C(C)C. The van der Waals surface area contributed by atoms with Gasteiger partial charge >= 0.3 is 5.97 Å². The van der Waals surface area contributed by atoms with Crippen LogP contribution in [0.5, 0.6) is 0 Å². The maximum Gasteiger partial charge on any atom is 0.302 e. The summed E-state index contributed by atoms with van der Waals surface area (Å²) in [5, 5.41) is 0.991. The van der Waals surface area contributed by atoms with Crippen LogP contribution in [-0.2, 0) is 9.53 Å². The van der Waals surface area contributed by atoms with Crippen LogP contribution in [0.4, 0.5) is 0 Å². The first kappa shape index (κ1) is 27.7. The minimum absolute atomic E-state index is 0.0875. The molecule has 0 radical (unpaired) electrons. The van der Waals surface area contributed by atoms with Gasteiger partial charge in [0.25, 0.3) is 0 Å². The summed E-state index contributed by atoms with van der Waals surface area (Å²) in [6, 6.07) is 0. The lowest BCUT2D eigenvalue weighted by atomic mass is 9.46. The fourth-order valence-electron chi connectivity index (χ4n) is 10.0. The number of alkyl halides is 1. The second-order valence-electron chi connectivity index (χ2n) is 13.9. The number of hydrogen-bond donors (Lipinski definition) is 0. The Morgan fingerprint density at radius 3 is 2.40 bits per heavy atom. The highest BCUT2D eigenvalue weighted by Gasteiger charge is 2.60. The molecule has 0 unspecified atom stereocenters. The Morgan fingerprint density at radius 1 is 1.03 bits per heavy atom. The number of ether oxygens (including phenoxy) is 1. The van der Waals surface area contributed by atoms with Crippen molar-refractivity contribution in [3.05, 3.63) is 11.1 Å². The summed E-state index contributed by atoms with van der Waals surface area (Å²) in [5.74, 6) is 5.90. The van der Waals surface area contributed by atoms with E-state index in [1.807, 2.05) is 0 Å². The lowest BCUT2D eigenvalue weighted by Gasteiger charge is -2.59. The first-order chi connectivity index (χ1) is 16.5. The van der Waals surface area contributed by atoms with E-state index in [0.29, 0.717) is 10.8 Å². The molecule has 0 heterocycles. The zero-order valence-electron chi connectivity index (χ0n) is 23.8. The van der Waals surface area contributed by atoms with Crippen molar-refractivity contribution >= 4 is 21.9 Å². The normalized spacial score (nSPS) is 40.7. The van der Waals surface area contributed by atoms with Crippen LogP contribution in [0.1, 0.15) is 119 Å². The van der Waals surface area contributed by atoms with Gasteiger partial charge in [0.2, 0.25) is 0 Å². The molecule has 9 atom stereocenters. The maximum atomic E-state index is 11.7. The number of halogens is 1. The number of allylic oxidation sites excluding steroid dienone is 1. The molecule has 4 rings (SSSR count). The van der Waals surface area contributed by atoms with Gasteiger partial charge in [0, 0.05) is 18.7 Å². The number of esters is 1. The highest BCUT2D eigenvalue weighted by Crippen LogP contribution is 2.68. The molecule has 35 heavy (non-hydrogen) atoms. The molecule has 0 aromatic rings. The molecule has 200 valence electrons. The van der Waals surface area contributed by atoms with E-state index in [-0.39, 0.29) is 12.1 Å². The third kappa shape index (κ3) is 5.07. The number of carbonyl (C=O) groups excluding carboxylic acids is 1. The monoisotopic (exact) mass is 548 g/mol. The van der Waals surface area contributed by atoms with Crippen LogP contribution in [-0.4, -0.2) is 17.4 Å². The molecule has 0 aliphatic heterocycles. The molecule has 0 aromatic carbocycles. The lowest BCUT2D eigenvalue weighted by molar-refractivity contribution is -0.148. The third-order valence-corrected chi connectivity index (χ3v) is 12.7. The fraction of sp³-hybridized carbons (Fsp3) is 0.906. The predicted octanol–water partition coefficient (Wildman–Crippen LogP) is 9.36. The molecule has 2 nitrogen and oxygen atoms in total. The van der Waals surface area contributed by atoms with Crippen molar-refractivity contribution < 1.29 is 9.53 Å². The van der Waals surface area contributed by atoms with Gasteiger partial charge in [-0.3, -0.25) is 4.79 Å². The summed E-state index contributed by atoms with van der Waals surface area (Å²) < 4.78 is 5.71. The van der Waals surface area contributed by atoms with Crippen molar-refractivity contribution in [2.24, 2.45) is 52.3 Å². The zero-order chi connectivity index (χ0) is 25.5. The van der Waals surface area contributed by atoms with Gasteiger partial charge in [-0.1, -0.05) is 81.5 Å². The molecule has 3 fully saturated rings. The van der Waals surface area contributed by atoms with Gasteiger partial charge in [0.1, 0.15) is 6.10 Å². The van der Waals surface area contributed by atoms with Crippen LogP contribution >= 0.6 is 15.9 Å². The fourth-order valence-corrected chi connectivity index (χ4v) is 10.6. The highest BCUT2D eigenvalue weighted by molar-refractivity contribution is 9.09. The van der Waals surface area contributed by atoms with Gasteiger partial charge in [-0.25, -0.2) is 0 Å². The first-order valence-electron chi connectivity index (χ1n) is 15.0. The average molecular weight is 550 g/mol. The van der Waals surface area contributed by atoms with E-state index in [1.54, 1.807) is 18.1 Å². The molecule has 0 spiro atoms. The van der Waals surface area contributed by atoms with Crippen LogP contribution in [0.3, 0.4) is 0 Å². The first-order valence-corrected chi connectivity index (χ1v) is 16.1. The maximum absolute atomic E-state index is 11.7. The Balaban J connectivity index is 1.52. The molecule has 0 bridgehead atoms. The lowest BCUT2D eigenvalue weighted by Crippen LogP contribution is -2.52. The Morgan fingerprint density at radius 2 is 1.77 bits per heavy atom. The van der Waals surface area contributed by atoms with Crippen LogP contribution < -0.4 is 0 Å². The van der Waals surface area contributed by atoms with E-state index in [2.05, 4.69) is 57.5 Å². The smallest absolute Gasteiger partial charge is 0.302 e. The summed E-state index contributed by atoms with van der Waals surface area (Å²) >= 11 is 3.89. The standard InChI is InChI=1S/C32H53BrO2/c1-8-23(20(2)3)10-9-21(4)27-11-12-28-26-17-24(19-33)30-18-25(35-22(5)34)13-15-32(30,7)29(26)14-16-31(27,28)6/h20-21,23,25-29H,8-19H2,1-7H3/t21-,23-,25+,26+,27-,28+,29+,31-,32-/m1/s1. The predicted molar refractivity (Wildman–Crippen MR) is 151 cm³/mol. The van der Waals surface area contributed by atoms with E-state index in [1.165, 1.54) is 57.8 Å². The highest BCUT2D eigenvalue weighted by atomic mass is 79.9. The van der Waals surface area contributed by atoms with Gasteiger partial charge in [-0.15, -0.1) is 0 Å². The second kappa shape index (κ2) is 10.8.